The van der Waals surface area contributed by atoms with E-state index >= 15 is 0 Å². The van der Waals surface area contributed by atoms with Gasteiger partial charge >= 0.3 is 0 Å². The van der Waals surface area contributed by atoms with Gasteiger partial charge in [-0.25, -0.2) is 0 Å². The molecule has 3 rings (SSSR count). The van der Waals surface area contributed by atoms with Gasteiger partial charge in [0.1, 0.15) is 0 Å². The van der Waals surface area contributed by atoms with Crippen molar-refractivity contribution in [3.8, 4) is 0 Å². The molecule has 0 atom stereocenters. The van der Waals surface area contributed by atoms with Crippen LogP contribution in [0.15, 0.2) is 59.6 Å². The Balaban J connectivity index is 1.84. The molecule has 6 heteroatoms. The van der Waals surface area contributed by atoms with Crippen molar-refractivity contribution < 1.29 is 4.79 Å². The molecule has 4 nitrogen and oxygen atoms in total. The highest BCUT2D eigenvalue weighted by Gasteiger charge is 2.10. The van der Waals surface area contributed by atoms with Gasteiger partial charge in [-0.15, -0.1) is 0 Å². The van der Waals surface area contributed by atoms with Crippen molar-refractivity contribution in [1.82, 2.24) is 4.98 Å². The van der Waals surface area contributed by atoms with Gasteiger partial charge in [-0.1, -0.05) is 35.9 Å². The molecule has 3 aromatic rings. The Bertz CT molecular complexity index is 869. The van der Waals surface area contributed by atoms with Gasteiger partial charge in [-0.3, -0.25) is 14.9 Å². The number of halogens is 1. The van der Waals surface area contributed by atoms with Crippen LogP contribution >= 0.6 is 23.5 Å². The molecule has 0 aliphatic rings. The van der Waals surface area contributed by atoms with E-state index < -0.39 is 0 Å². The number of nitrogens with zero attached hydrogens (tertiary/aromatic N) is 1. The molecule has 2 aromatic carbocycles. The fraction of sp³-hybridized carbons (Fsp3) is 0.0588. The van der Waals surface area contributed by atoms with Crippen molar-refractivity contribution in [2.45, 2.75) is 11.3 Å². The summed E-state index contributed by atoms with van der Waals surface area (Å²) in [5, 5.41) is 10.1. The Morgan fingerprint density at radius 2 is 2.04 bits per heavy atom. The molecule has 0 saturated carbocycles. The normalized spacial score (nSPS) is 10.7. The molecule has 0 bridgehead atoms. The lowest BCUT2D eigenvalue weighted by molar-refractivity contribution is -0.115. The lowest BCUT2D eigenvalue weighted by Crippen LogP contribution is -2.14. The molecule has 3 N–H and O–H groups in total. The largest absolute Gasteiger partial charge is 0.326 e. The maximum atomic E-state index is 12.2. The quantitative estimate of drug-likeness (QED) is 0.702. The zero-order chi connectivity index (χ0) is 16.2. The van der Waals surface area contributed by atoms with E-state index in [2.05, 4.69) is 10.3 Å². The minimum absolute atomic E-state index is 0.138. The van der Waals surface area contributed by atoms with Gasteiger partial charge in [-0.05, 0) is 41.8 Å². The summed E-state index contributed by atoms with van der Waals surface area (Å²) in [5.41, 5.74) is 2.25. The van der Waals surface area contributed by atoms with E-state index in [1.165, 1.54) is 0 Å². The Morgan fingerprint density at radius 3 is 2.83 bits per heavy atom. The number of rotatable bonds is 4. The van der Waals surface area contributed by atoms with Crippen LogP contribution in [-0.2, 0) is 11.2 Å². The number of amides is 1. The summed E-state index contributed by atoms with van der Waals surface area (Å²) in [7, 11) is 0. The summed E-state index contributed by atoms with van der Waals surface area (Å²) in [4.78, 5) is 17.4. The minimum Gasteiger partial charge on any atom is -0.326 e. The molecule has 1 aromatic heterocycles. The molecule has 0 radical (unpaired) electrons. The van der Waals surface area contributed by atoms with Gasteiger partial charge in [0.15, 0.2) is 0 Å². The number of pyridine rings is 1. The summed E-state index contributed by atoms with van der Waals surface area (Å²) in [6, 6.07) is 14.8. The Hall–Kier alpha value is -2.08. The van der Waals surface area contributed by atoms with Crippen LogP contribution in [0, 0.1) is 0 Å². The van der Waals surface area contributed by atoms with Crippen molar-refractivity contribution in [1.29, 1.82) is 0 Å². The van der Waals surface area contributed by atoms with Crippen LogP contribution in [0.1, 0.15) is 5.56 Å². The molecule has 23 heavy (non-hydrogen) atoms. The van der Waals surface area contributed by atoms with Crippen molar-refractivity contribution in [3.63, 3.8) is 0 Å². The lowest BCUT2D eigenvalue weighted by Gasteiger charge is -2.10. The van der Waals surface area contributed by atoms with Crippen molar-refractivity contribution >= 4 is 46.0 Å². The van der Waals surface area contributed by atoms with Crippen molar-refractivity contribution in [2.75, 3.05) is 5.32 Å². The molecule has 0 aliphatic heterocycles. The van der Waals surface area contributed by atoms with Gasteiger partial charge in [0.25, 0.3) is 0 Å². The zero-order valence-corrected chi connectivity index (χ0v) is 13.7. The Kier molecular flexibility index (Phi) is 4.81. The smallest absolute Gasteiger partial charge is 0.228 e. The molecule has 0 saturated heterocycles. The standard InChI is InChI=1S/C17H14ClN3OS/c18-14-6-2-1-4-11(14)8-17(22)21-12-9-15-13(5-3-7-20-15)16(10-12)23-19/h1-7,9-10H,8,19H2,(H,21,22). The van der Waals surface area contributed by atoms with E-state index in [9.17, 15) is 4.79 Å². The highest BCUT2D eigenvalue weighted by atomic mass is 35.5. The highest BCUT2D eigenvalue weighted by molar-refractivity contribution is 7.97. The van der Waals surface area contributed by atoms with Crippen LogP contribution in [0.2, 0.25) is 5.02 Å². The average molecular weight is 344 g/mol. The first-order valence-corrected chi connectivity index (χ1v) is 8.22. The lowest BCUT2D eigenvalue weighted by atomic mass is 10.1. The number of benzene rings is 2. The van der Waals surface area contributed by atoms with E-state index in [4.69, 9.17) is 16.7 Å². The summed E-state index contributed by atoms with van der Waals surface area (Å²) >= 11 is 7.22. The SMILES string of the molecule is NSc1cc(NC(=O)Cc2ccccc2Cl)cc2ncccc12. The molecule has 0 aliphatic carbocycles. The number of hydrogen-bond donors (Lipinski definition) is 2. The van der Waals surface area contributed by atoms with Crippen LogP contribution in [0.3, 0.4) is 0 Å². The molecule has 116 valence electrons. The third kappa shape index (κ3) is 3.64. The predicted octanol–water partition coefficient (Wildman–Crippen LogP) is 4.04. The average Bonchev–Trinajstić information content (AvgIpc) is 2.56. The van der Waals surface area contributed by atoms with E-state index in [1.54, 1.807) is 12.3 Å². The van der Waals surface area contributed by atoms with Gasteiger partial charge in [0.05, 0.1) is 11.9 Å². The van der Waals surface area contributed by atoms with Gasteiger partial charge < -0.3 is 5.32 Å². The van der Waals surface area contributed by atoms with Gasteiger partial charge in [-0.2, -0.15) is 0 Å². The maximum absolute atomic E-state index is 12.2. The third-order valence-corrected chi connectivity index (χ3v) is 4.36. The highest BCUT2D eigenvalue weighted by Crippen LogP contribution is 2.28. The first-order chi connectivity index (χ1) is 11.2. The summed E-state index contributed by atoms with van der Waals surface area (Å²) < 4.78 is 0. The molecule has 0 spiro atoms. The fourth-order valence-electron chi connectivity index (χ4n) is 2.34. The number of aromatic nitrogens is 1. The molecule has 0 unspecified atom stereocenters. The number of nitrogens with two attached hydrogens (primary N) is 1. The monoisotopic (exact) mass is 343 g/mol. The van der Waals surface area contributed by atoms with E-state index in [0.29, 0.717) is 10.7 Å². The first kappa shape index (κ1) is 15.8. The molecule has 1 amide bonds. The summed E-state index contributed by atoms with van der Waals surface area (Å²) in [5.74, 6) is -0.138. The number of nitrogens with one attached hydrogen (secondary N) is 1. The second-order valence-corrected chi connectivity index (χ2v) is 6.06. The van der Waals surface area contributed by atoms with E-state index in [1.807, 2.05) is 42.5 Å². The molecular weight excluding hydrogens is 330 g/mol. The van der Waals surface area contributed by atoms with Crippen LogP contribution in [0.4, 0.5) is 5.69 Å². The summed E-state index contributed by atoms with van der Waals surface area (Å²) in [6.07, 6.45) is 1.92. The number of anilines is 1. The molecule has 1 heterocycles. The number of fused-ring (bicyclic) bond motifs is 1. The summed E-state index contributed by atoms with van der Waals surface area (Å²) in [6.45, 7) is 0. The second-order valence-electron chi connectivity index (χ2n) is 4.98. The van der Waals surface area contributed by atoms with Crippen molar-refractivity contribution in [2.24, 2.45) is 5.14 Å². The second kappa shape index (κ2) is 7.00. The Labute approximate surface area is 143 Å². The van der Waals surface area contributed by atoms with Crippen LogP contribution in [-0.4, -0.2) is 10.9 Å². The zero-order valence-electron chi connectivity index (χ0n) is 12.1. The van der Waals surface area contributed by atoms with E-state index in [0.717, 1.165) is 33.3 Å². The van der Waals surface area contributed by atoms with Crippen LogP contribution in [0.25, 0.3) is 10.9 Å². The van der Waals surface area contributed by atoms with Gasteiger partial charge in [0, 0.05) is 27.2 Å². The fourth-order valence-corrected chi connectivity index (χ4v) is 3.04. The maximum Gasteiger partial charge on any atom is 0.228 e. The molecular formula is C17H14ClN3OS. The van der Waals surface area contributed by atoms with Crippen LogP contribution < -0.4 is 10.5 Å². The number of carbonyl (C=O) groups excluding carboxylic acids is 1. The minimum atomic E-state index is -0.138. The molecule has 0 fully saturated rings. The number of hydrogen-bond acceptors (Lipinski definition) is 4. The van der Waals surface area contributed by atoms with Gasteiger partial charge in [0.2, 0.25) is 5.91 Å². The predicted molar refractivity (Wildman–Crippen MR) is 95.6 cm³/mol. The Morgan fingerprint density at radius 1 is 1.22 bits per heavy atom. The number of carbonyl (C=O) groups is 1. The van der Waals surface area contributed by atoms with Crippen LogP contribution in [0.5, 0.6) is 0 Å². The van der Waals surface area contributed by atoms with Crippen molar-refractivity contribution in [3.05, 3.63) is 65.3 Å². The third-order valence-electron chi connectivity index (χ3n) is 3.40. The first-order valence-electron chi connectivity index (χ1n) is 6.96. The van der Waals surface area contributed by atoms with E-state index in [-0.39, 0.29) is 12.3 Å². The topological polar surface area (TPSA) is 68.0 Å².